The molecule has 1 aromatic heterocycles. The van der Waals surface area contributed by atoms with Crippen LogP contribution in [0.5, 0.6) is 11.5 Å². The van der Waals surface area contributed by atoms with Crippen LogP contribution in [0.25, 0.3) is 11.1 Å². The van der Waals surface area contributed by atoms with Crippen LogP contribution in [0.15, 0.2) is 18.2 Å². The van der Waals surface area contributed by atoms with E-state index in [4.69, 9.17) is 15.2 Å². The first kappa shape index (κ1) is 12.8. The van der Waals surface area contributed by atoms with Gasteiger partial charge in [0.1, 0.15) is 23.8 Å². The lowest BCUT2D eigenvalue weighted by molar-refractivity contribution is 0.0699. The van der Waals surface area contributed by atoms with Gasteiger partial charge in [0.05, 0.1) is 0 Å². The zero-order valence-electron chi connectivity index (χ0n) is 10.8. The van der Waals surface area contributed by atoms with Crippen molar-refractivity contribution >= 4 is 22.3 Å². The molecule has 6 heteroatoms. The molecule has 0 saturated carbocycles. The van der Waals surface area contributed by atoms with Crippen LogP contribution in [-0.4, -0.2) is 24.3 Å². The van der Waals surface area contributed by atoms with Gasteiger partial charge in [-0.05, 0) is 24.6 Å². The van der Waals surface area contributed by atoms with Crippen molar-refractivity contribution in [3.8, 4) is 22.6 Å². The van der Waals surface area contributed by atoms with Gasteiger partial charge in [-0.3, -0.25) is 0 Å². The SMILES string of the molecule is Cc1sc(N)c(C(=O)O)c1-c1ccc2c(c1)OCCO2. The number of carbonyl (C=O) groups is 1. The summed E-state index contributed by atoms with van der Waals surface area (Å²) < 4.78 is 11.0. The van der Waals surface area contributed by atoms with Crippen LogP contribution in [0.2, 0.25) is 0 Å². The fraction of sp³-hybridized carbons (Fsp3) is 0.214. The minimum absolute atomic E-state index is 0.157. The van der Waals surface area contributed by atoms with Crippen molar-refractivity contribution < 1.29 is 19.4 Å². The average Bonchev–Trinajstić information content (AvgIpc) is 2.73. The van der Waals surface area contributed by atoms with E-state index in [1.165, 1.54) is 11.3 Å². The molecule has 1 aromatic carbocycles. The largest absolute Gasteiger partial charge is 0.486 e. The summed E-state index contributed by atoms with van der Waals surface area (Å²) in [5.41, 5.74) is 7.38. The summed E-state index contributed by atoms with van der Waals surface area (Å²) >= 11 is 1.28. The normalized spacial score (nSPS) is 13.2. The monoisotopic (exact) mass is 291 g/mol. The topological polar surface area (TPSA) is 81.8 Å². The molecule has 0 saturated heterocycles. The number of nitrogens with two attached hydrogens (primary N) is 1. The van der Waals surface area contributed by atoms with Crippen LogP contribution in [0.3, 0.4) is 0 Å². The molecule has 2 aromatic rings. The molecule has 0 unspecified atom stereocenters. The summed E-state index contributed by atoms with van der Waals surface area (Å²) in [6.45, 7) is 2.88. The maximum Gasteiger partial charge on any atom is 0.339 e. The van der Waals surface area contributed by atoms with Crippen LogP contribution in [0.4, 0.5) is 5.00 Å². The highest BCUT2D eigenvalue weighted by atomic mass is 32.1. The number of thiophene rings is 1. The van der Waals surface area contributed by atoms with E-state index in [1.54, 1.807) is 12.1 Å². The molecule has 1 aliphatic heterocycles. The van der Waals surface area contributed by atoms with E-state index >= 15 is 0 Å². The highest BCUT2D eigenvalue weighted by molar-refractivity contribution is 7.16. The Balaban J connectivity index is 2.16. The van der Waals surface area contributed by atoms with Gasteiger partial charge in [0.25, 0.3) is 0 Å². The Kier molecular flexibility index (Phi) is 3.02. The van der Waals surface area contributed by atoms with Crippen LogP contribution < -0.4 is 15.2 Å². The van der Waals surface area contributed by atoms with Crippen molar-refractivity contribution in [1.82, 2.24) is 0 Å². The second kappa shape index (κ2) is 4.72. The number of nitrogen functional groups attached to an aromatic ring is 1. The third-order valence-corrected chi connectivity index (χ3v) is 4.09. The summed E-state index contributed by atoms with van der Waals surface area (Å²) in [4.78, 5) is 12.3. The average molecular weight is 291 g/mol. The van der Waals surface area contributed by atoms with Crippen molar-refractivity contribution in [1.29, 1.82) is 0 Å². The molecule has 1 aliphatic rings. The number of ether oxygens (including phenoxy) is 2. The van der Waals surface area contributed by atoms with E-state index in [0.29, 0.717) is 35.3 Å². The summed E-state index contributed by atoms with van der Waals surface area (Å²) in [5.74, 6) is 0.295. The van der Waals surface area contributed by atoms with Crippen molar-refractivity contribution in [3.63, 3.8) is 0 Å². The number of rotatable bonds is 2. The molecule has 0 spiro atoms. The quantitative estimate of drug-likeness (QED) is 0.889. The number of carboxylic acid groups (broad SMARTS) is 1. The highest BCUT2D eigenvalue weighted by Crippen LogP contribution is 2.41. The molecule has 104 valence electrons. The summed E-state index contributed by atoms with van der Waals surface area (Å²) in [5, 5.41) is 9.65. The molecule has 0 fully saturated rings. The van der Waals surface area contributed by atoms with E-state index in [9.17, 15) is 9.90 Å². The maximum atomic E-state index is 11.4. The van der Waals surface area contributed by atoms with E-state index in [1.807, 2.05) is 13.0 Å². The van der Waals surface area contributed by atoms with Crippen molar-refractivity contribution in [2.45, 2.75) is 6.92 Å². The Hall–Kier alpha value is -2.21. The summed E-state index contributed by atoms with van der Waals surface area (Å²) in [7, 11) is 0. The Bertz CT molecular complexity index is 693. The molecule has 5 nitrogen and oxygen atoms in total. The van der Waals surface area contributed by atoms with E-state index in [0.717, 1.165) is 10.4 Å². The first-order valence-electron chi connectivity index (χ1n) is 6.10. The molecule has 2 heterocycles. The zero-order valence-corrected chi connectivity index (χ0v) is 11.6. The second-order valence-corrected chi connectivity index (χ2v) is 5.69. The van der Waals surface area contributed by atoms with Gasteiger partial charge in [0, 0.05) is 10.4 Å². The third kappa shape index (κ3) is 1.98. The number of aryl methyl sites for hydroxylation is 1. The lowest BCUT2D eigenvalue weighted by Crippen LogP contribution is -2.15. The Morgan fingerprint density at radius 2 is 2.00 bits per heavy atom. The molecular weight excluding hydrogens is 278 g/mol. The number of hydrogen-bond donors (Lipinski definition) is 2. The number of aromatic carboxylic acids is 1. The van der Waals surface area contributed by atoms with Gasteiger partial charge in [-0.2, -0.15) is 0 Å². The van der Waals surface area contributed by atoms with E-state index < -0.39 is 5.97 Å². The van der Waals surface area contributed by atoms with E-state index in [2.05, 4.69) is 0 Å². The van der Waals surface area contributed by atoms with Crippen molar-refractivity contribution in [2.24, 2.45) is 0 Å². The summed E-state index contributed by atoms with van der Waals surface area (Å²) in [6, 6.07) is 5.42. The predicted molar refractivity (Wildman–Crippen MR) is 76.9 cm³/mol. The Morgan fingerprint density at radius 3 is 2.70 bits per heavy atom. The zero-order chi connectivity index (χ0) is 14.3. The minimum atomic E-state index is -1.02. The molecule has 3 rings (SSSR count). The van der Waals surface area contributed by atoms with Gasteiger partial charge in [-0.15, -0.1) is 11.3 Å². The highest BCUT2D eigenvalue weighted by Gasteiger charge is 2.22. The van der Waals surface area contributed by atoms with Gasteiger partial charge < -0.3 is 20.3 Å². The van der Waals surface area contributed by atoms with Crippen LogP contribution in [0, 0.1) is 6.92 Å². The fourth-order valence-corrected chi connectivity index (χ4v) is 3.27. The number of fused-ring (bicyclic) bond motifs is 1. The molecular formula is C14H13NO4S. The molecule has 0 bridgehead atoms. The van der Waals surface area contributed by atoms with E-state index in [-0.39, 0.29) is 5.56 Å². The predicted octanol–water partition coefficient (Wildman–Crippen LogP) is 2.78. The molecule has 3 N–H and O–H groups in total. The third-order valence-electron chi connectivity index (χ3n) is 3.16. The van der Waals surface area contributed by atoms with Gasteiger partial charge in [0.2, 0.25) is 0 Å². The summed E-state index contributed by atoms with van der Waals surface area (Å²) in [6.07, 6.45) is 0. The van der Waals surface area contributed by atoms with Crippen LogP contribution >= 0.6 is 11.3 Å². The second-order valence-electron chi connectivity index (χ2n) is 4.44. The molecule has 0 radical (unpaired) electrons. The lowest BCUT2D eigenvalue weighted by Gasteiger charge is -2.19. The Labute approximate surface area is 119 Å². The van der Waals surface area contributed by atoms with Gasteiger partial charge in [0.15, 0.2) is 11.5 Å². The fourth-order valence-electron chi connectivity index (χ4n) is 2.33. The smallest absolute Gasteiger partial charge is 0.339 e. The molecule has 20 heavy (non-hydrogen) atoms. The molecule has 0 amide bonds. The minimum Gasteiger partial charge on any atom is -0.486 e. The Morgan fingerprint density at radius 1 is 1.30 bits per heavy atom. The van der Waals surface area contributed by atoms with Gasteiger partial charge in [-0.25, -0.2) is 4.79 Å². The number of carboxylic acids is 1. The number of anilines is 1. The van der Waals surface area contributed by atoms with Gasteiger partial charge >= 0.3 is 5.97 Å². The first-order chi connectivity index (χ1) is 9.58. The van der Waals surface area contributed by atoms with Crippen molar-refractivity contribution in [3.05, 3.63) is 28.6 Å². The lowest BCUT2D eigenvalue weighted by atomic mass is 10.0. The van der Waals surface area contributed by atoms with Gasteiger partial charge in [-0.1, -0.05) is 6.07 Å². The number of benzene rings is 1. The molecule has 0 atom stereocenters. The van der Waals surface area contributed by atoms with Crippen LogP contribution in [0.1, 0.15) is 15.2 Å². The molecule has 0 aliphatic carbocycles. The van der Waals surface area contributed by atoms with Crippen LogP contribution in [-0.2, 0) is 0 Å². The number of hydrogen-bond acceptors (Lipinski definition) is 5. The first-order valence-corrected chi connectivity index (χ1v) is 6.91. The maximum absolute atomic E-state index is 11.4. The van der Waals surface area contributed by atoms with Crippen molar-refractivity contribution in [2.75, 3.05) is 18.9 Å². The standard InChI is InChI=1S/C14H13NO4S/c1-7-11(12(14(16)17)13(15)20-7)8-2-3-9-10(6-8)19-5-4-18-9/h2-3,6H,4-5,15H2,1H3,(H,16,17).